The van der Waals surface area contributed by atoms with Crippen LogP contribution in [0.4, 0.5) is 0 Å². The second kappa shape index (κ2) is 7.12. The van der Waals surface area contributed by atoms with Crippen molar-refractivity contribution in [2.45, 2.75) is 48.7 Å². The first-order chi connectivity index (χ1) is 10.8. The highest BCUT2D eigenvalue weighted by Crippen LogP contribution is 2.32. The van der Waals surface area contributed by atoms with E-state index in [2.05, 4.69) is 4.99 Å². The van der Waals surface area contributed by atoms with Crippen molar-refractivity contribution < 1.29 is 17.8 Å². The van der Waals surface area contributed by atoms with Gasteiger partial charge >= 0.3 is 0 Å². The molecule has 0 aliphatic heterocycles. The molecule has 24 heavy (non-hydrogen) atoms. The molecule has 134 valence electrons. The van der Waals surface area contributed by atoms with E-state index in [0.29, 0.717) is 12.0 Å². The lowest BCUT2D eigenvalue weighted by Crippen LogP contribution is -2.30. The molecule has 4 N–H and O–H groups in total. The van der Waals surface area contributed by atoms with Crippen LogP contribution in [0.3, 0.4) is 0 Å². The largest absolute Gasteiger partial charge is 0.611 e. The van der Waals surface area contributed by atoms with E-state index in [1.54, 1.807) is 27.7 Å². The van der Waals surface area contributed by atoms with E-state index in [9.17, 15) is 17.8 Å². The van der Waals surface area contributed by atoms with Gasteiger partial charge in [0, 0.05) is 11.8 Å². The third-order valence-electron chi connectivity index (χ3n) is 3.17. The van der Waals surface area contributed by atoms with E-state index in [4.69, 9.17) is 11.5 Å². The maximum Gasteiger partial charge on any atom is 0.280 e. The van der Waals surface area contributed by atoms with E-state index in [1.165, 1.54) is 12.1 Å². The molecule has 1 amide bonds. The van der Waals surface area contributed by atoms with E-state index in [1.807, 2.05) is 0 Å². The van der Waals surface area contributed by atoms with Crippen LogP contribution in [-0.2, 0) is 27.4 Å². The zero-order valence-electron chi connectivity index (χ0n) is 14.4. The Morgan fingerprint density at radius 1 is 1.29 bits per heavy atom. The molecule has 9 heteroatoms. The second-order valence-electron chi connectivity index (χ2n) is 6.30. The number of hydrogen-bond acceptors (Lipinski definition) is 4. The van der Waals surface area contributed by atoms with Gasteiger partial charge in [-0.15, -0.1) is 0 Å². The lowest BCUT2D eigenvalue weighted by molar-refractivity contribution is 0.100. The first kappa shape index (κ1) is 20.5. The number of nitrogens with zero attached hydrogens (tertiary/aromatic N) is 1. The van der Waals surface area contributed by atoms with Crippen LogP contribution in [0.2, 0.25) is 0 Å². The van der Waals surface area contributed by atoms with Crippen molar-refractivity contribution in [3.05, 3.63) is 23.3 Å². The SMILES string of the molecule is CCc1cc([S+]([O-])C(C)(C)C)c(S(C)(=O)=O)cc1C(=O)N=C(N)N. The molecule has 0 aliphatic carbocycles. The number of rotatable bonds is 4. The fourth-order valence-electron chi connectivity index (χ4n) is 2.04. The monoisotopic (exact) mass is 373 g/mol. The fraction of sp³-hybridized carbons (Fsp3) is 0.467. The van der Waals surface area contributed by atoms with Gasteiger partial charge in [-0.1, -0.05) is 6.92 Å². The molecule has 0 aromatic heterocycles. The van der Waals surface area contributed by atoms with Crippen LogP contribution in [0.1, 0.15) is 43.6 Å². The summed E-state index contributed by atoms with van der Waals surface area (Å²) in [6.07, 6.45) is 1.44. The Balaban J connectivity index is 3.76. The number of amides is 1. The van der Waals surface area contributed by atoms with Crippen molar-refractivity contribution in [2.24, 2.45) is 16.5 Å². The van der Waals surface area contributed by atoms with Crippen LogP contribution in [0.5, 0.6) is 0 Å². The number of hydrogen-bond donors (Lipinski definition) is 2. The van der Waals surface area contributed by atoms with E-state index < -0.39 is 37.6 Å². The molecule has 7 nitrogen and oxygen atoms in total. The van der Waals surface area contributed by atoms with Crippen LogP contribution in [0.15, 0.2) is 26.9 Å². The lowest BCUT2D eigenvalue weighted by atomic mass is 10.0. The summed E-state index contributed by atoms with van der Waals surface area (Å²) in [5.41, 5.74) is 11.1. The summed E-state index contributed by atoms with van der Waals surface area (Å²) in [5.74, 6) is -1.14. The Labute approximate surface area is 145 Å². The zero-order valence-corrected chi connectivity index (χ0v) is 16.0. The fourth-order valence-corrected chi connectivity index (χ4v) is 4.62. The third-order valence-corrected chi connectivity index (χ3v) is 6.28. The number of nitrogens with two attached hydrogens (primary N) is 2. The summed E-state index contributed by atoms with van der Waals surface area (Å²) in [7, 11) is -3.70. The molecule has 0 bridgehead atoms. The van der Waals surface area contributed by atoms with Crippen molar-refractivity contribution in [3.63, 3.8) is 0 Å². The summed E-state index contributed by atoms with van der Waals surface area (Å²) in [6, 6.07) is 2.70. The molecule has 1 atom stereocenters. The number of carbonyl (C=O) groups excluding carboxylic acids is 1. The van der Waals surface area contributed by atoms with Crippen molar-refractivity contribution >= 4 is 32.9 Å². The minimum Gasteiger partial charge on any atom is -0.611 e. The number of aliphatic imine (C=N–C) groups is 1. The number of sulfone groups is 1. The molecule has 0 saturated heterocycles. The van der Waals surface area contributed by atoms with Gasteiger partial charge in [-0.05, 0) is 56.1 Å². The average molecular weight is 374 g/mol. The average Bonchev–Trinajstić information content (AvgIpc) is 2.42. The van der Waals surface area contributed by atoms with Gasteiger partial charge < -0.3 is 16.0 Å². The van der Waals surface area contributed by atoms with Gasteiger partial charge in [0.15, 0.2) is 20.7 Å². The molecule has 1 rings (SSSR count). The Bertz CT molecular complexity index is 777. The summed E-state index contributed by atoms with van der Waals surface area (Å²) < 4.78 is 36.4. The highest BCUT2D eigenvalue weighted by molar-refractivity contribution is 7.95. The number of carbonyl (C=O) groups is 1. The smallest absolute Gasteiger partial charge is 0.280 e. The molecule has 0 heterocycles. The van der Waals surface area contributed by atoms with Crippen LogP contribution in [-0.4, -0.2) is 35.8 Å². The van der Waals surface area contributed by atoms with Crippen LogP contribution in [0.25, 0.3) is 0 Å². The van der Waals surface area contributed by atoms with Gasteiger partial charge in [-0.3, -0.25) is 4.79 Å². The first-order valence-electron chi connectivity index (χ1n) is 7.21. The maximum absolute atomic E-state index is 12.8. The summed E-state index contributed by atoms with van der Waals surface area (Å²) in [5, 5.41) is 0. The molecule has 1 unspecified atom stereocenters. The van der Waals surface area contributed by atoms with E-state index >= 15 is 0 Å². The number of aryl methyl sites for hydroxylation is 1. The molecule has 1 aromatic rings. The standard InChI is InChI=1S/C15H23N3O4S2/c1-6-9-7-11(23(20)15(2,3)4)12(24(5,21)22)8-10(9)13(19)18-14(16)17/h7-8H,6H2,1-5H3,(H4,16,17,18,19). The molecular weight excluding hydrogens is 350 g/mol. The Kier molecular flexibility index (Phi) is 6.07. The van der Waals surface area contributed by atoms with E-state index in [-0.39, 0.29) is 15.4 Å². The van der Waals surface area contributed by atoms with Crippen molar-refractivity contribution in [1.29, 1.82) is 0 Å². The van der Waals surface area contributed by atoms with Crippen molar-refractivity contribution in [2.75, 3.05) is 6.26 Å². The highest BCUT2D eigenvalue weighted by Gasteiger charge is 2.34. The Morgan fingerprint density at radius 2 is 1.83 bits per heavy atom. The minimum atomic E-state index is -3.70. The maximum atomic E-state index is 12.8. The van der Waals surface area contributed by atoms with Crippen LogP contribution >= 0.6 is 0 Å². The molecule has 0 radical (unpaired) electrons. The summed E-state index contributed by atoms with van der Waals surface area (Å²) in [4.78, 5) is 15.7. The van der Waals surface area contributed by atoms with Crippen LogP contribution < -0.4 is 11.5 Å². The van der Waals surface area contributed by atoms with Crippen molar-refractivity contribution in [1.82, 2.24) is 0 Å². The highest BCUT2D eigenvalue weighted by atomic mass is 32.2. The summed E-state index contributed by atoms with van der Waals surface area (Å²) >= 11 is -1.58. The topological polar surface area (TPSA) is 139 Å². The van der Waals surface area contributed by atoms with Gasteiger partial charge in [-0.25, -0.2) is 8.42 Å². The number of guanidine groups is 1. The van der Waals surface area contributed by atoms with Crippen LogP contribution in [0, 0.1) is 0 Å². The quantitative estimate of drug-likeness (QED) is 0.458. The minimum absolute atomic E-state index is 0.0842. The second-order valence-corrected chi connectivity index (χ2v) is 10.5. The Morgan fingerprint density at radius 3 is 2.21 bits per heavy atom. The zero-order chi connectivity index (χ0) is 18.9. The van der Waals surface area contributed by atoms with Gasteiger partial charge in [0.1, 0.15) is 9.64 Å². The molecule has 0 aliphatic rings. The predicted molar refractivity (Wildman–Crippen MR) is 95.2 cm³/mol. The van der Waals surface area contributed by atoms with Gasteiger partial charge in [-0.2, -0.15) is 4.99 Å². The molecule has 0 saturated carbocycles. The normalized spacial score (nSPS) is 13.4. The van der Waals surface area contributed by atoms with Gasteiger partial charge in [0.25, 0.3) is 5.91 Å². The van der Waals surface area contributed by atoms with Crippen molar-refractivity contribution in [3.8, 4) is 0 Å². The number of benzene rings is 1. The van der Waals surface area contributed by atoms with Gasteiger partial charge in [0.05, 0.1) is 0 Å². The third kappa shape index (κ3) is 4.71. The first-order valence-corrected chi connectivity index (χ1v) is 10.3. The lowest BCUT2D eigenvalue weighted by Gasteiger charge is -2.26. The van der Waals surface area contributed by atoms with Gasteiger partial charge in [0.2, 0.25) is 0 Å². The predicted octanol–water partition coefficient (Wildman–Crippen LogP) is 0.972. The molecule has 0 spiro atoms. The van der Waals surface area contributed by atoms with E-state index in [0.717, 1.165) is 6.26 Å². The molecule has 1 aromatic carbocycles. The molecular formula is C15H23N3O4S2. The summed E-state index contributed by atoms with van der Waals surface area (Å²) in [6.45, 7) is 7.04. The Hall–Kier alpha value is -1.58. The molecule has 0 fully saturated rings.